The van der Waals surface area contributed by atoms with Gasteiger partial charge in [-0.05, 0) is 67.4 Å². The fourth-order valence-corrected chi connectivity index (χ4v) is 10.6. The van der Waals surface area contributed by atoms with Crippen LogP contribution in [0.5, 0.6) is 5.75 Å². The van der Waals surface area contributed by atoms with Crippen LogP contribution in [0.25, 0.3) is 43.1 Å². The largest absolute Gasteiger partial charge is 0.480 e. The number of ether oxygens (including phenoxy) is 1. The van der Waals surface area contributed by atoms with Gasteiger partial charge in [0.15, 0.2) is 0 Å². The Balaban J connectivity index is 0.00000279. The van der Waals surface area contributed by atoms with Crippen molar-refractivity contribution < 1.29 is 43.1 Å². The first-order valence-corrected chi connectivity index (χ1v) is 22.7. The van der Waals surface area contributed by atoms with Gasteiger partial charge >= 0.3 is 5.97 Å². The summed E-state index contributed by atoms with van der Waals surface area (Å²) in [4.78, 5) is 85.2. The summed E-state index contributed by atoms with van der Waals surface area (Å²) in [5.74, 6) is -3.03. The first kappa shape index (κ1) is 42.8. The first-order chi connectivity index (χ1) is 27.8. The second-order valence-corrected chi connectivity index (χ2v) is 17.1. The number of nitrogens with zero attached hydrogens (tertiary/aromatic N) is 2. The van der Waals surface area contributed by atoms with Crippen LogP contribution in [-0.2, 0) is 14.3 Å². The third kappa shape index (κ3) is 6.84. The highest BCUT2D eigenvalue weighted by atomic mass is 32.2. The zero-order valence-electron chi connectivity index (χ0n) is 34.4. The van der Waals surface area contributed by atoms with E-state index in [1.807, 2.05) is 60.3 Å². The van der Waals surface area contributed by atoms with Crippen molar-refractivity contribution >= 4 is 98.5 Å². The van der Waals surface area contributed by atoms with Gasteiger partial charge in [-0.25, -0.2) is 4.79 Å². The summed E-state index contributed by atoms with van der Waals surface area (Å²) in [5, 5.41) is 17.3. The summed E-state index contributed by atoms with van der Waals surface area (Å²) in [6.07, 6.45) is 2.61. The second-order valence-electron chi connectivity index (χ2n) is 14.4. The van der Waals surface area contributed by atoms with Gasteiger partial charge in [0.05, 0.1) is 5.56 Å². The molecule has 0 fully saturated rings. The molecule has 2 atom stereocenters. The van der Waals surface area contributed by atoms with Gasteiger partial charge in [0.25, 0.3) is 23.6 Å². The van der Waals surface area contributed by atoms with Crippen molar-refractivity contribution in [2.45, 2.75) is 97.2 Å². The summed E-state index contributed by atoms with van der Waals surface area (Å²) in [6.45, 7) is 14.9. The van der Waals surface area contributed by atoms with E-state index in [0.29, 0.717) is 108 Å². The van der Waals surface area contributed by atoms with E-state index >= 15 is 0 Å². The SMILES string of the molecule is CC.CCC(CC)N1C(=O)c2ccc3c4c(SCC(NC(C)=O)C(=O)O)cc5c6c(ccc(c7c(OP(C)COC)cc(c2c37)C1=O)c64)C(=O)N(C(CC)CC)C5=O. The average molecular weight is 828 g/mol. The molecule has 7 rings (SSSR count). The summed E-state index contributed by atoms with van der Waals surface area (Å²) in [5.41, 5.74) is 1.37. The molecule has 0 bridgehead atoms. The molecule has 2 heterocycles. The fraction of sp³-hybridized carbons (Fsp3) is 0.409. The quantitative estimate of drug-likeness (QED) is 0.0343. The van der Waals surface area contributed by atoms with Gasteiger partial charge in [-0.2, -0.15) is 0 Å². The van der Waals surface area contributed by atoms with Crippen molar-refractivity contribution in [3.05, 3.63) is 58.7 Å². The Hall–Kier alpha value is -4.84. The number of nitrogens with one attached hydrogen (secondary N) is 1. The number of fused-ring (bicyclic) bond motifs is 2. The maximum atomic E-state index is 14.5. The second kappa shape index (κ2) is 17.2. The lowest BCUT2D eigenvalue weighted by molar-refractivity contribution is -0.140. The van der Waals surface area contributed by atoms with E-state index in [1.165, 1.54) is 28.5 Å². The van der Waals surface area contributed by atoms with E-state index in [1.54, 1.807) is 31.4 Å². The monoisotopic (exact) mass is 827 g/mol. The van der Waals surface area contributed by atoms with E-state index in [2.05, 4.69) is 5.32 Å². The molecule has 2 unspecified atom stereocenters. The van der Waals surface area contributed by atoms with Gasteiger partial charge in [0.2, 0.25) is 5.91 Å². The normalized spacial score (nSPS) is 14.9. The van der Waals surface area contributed by atoms with Crippen LogP contribution in [0.2, 0.25) is 0 Å². The number of methoxy groups -OCH3 is 1. The molecule has 14 heteroatoms. The zero-order valence-corrected chi connectivity index (χ0v) is 36.1. The van der Waals surface area contributed by atoms with Crippen molar-refractivity contribution in [1.29, 1.82) is 0 Å². The van der Waals surface area contributed by atoms with Crippen LogP contribution in [0.15, 0.2) is 41.3 Å². The van der Waals surface area contributed by atoms with Crippen LogP contribution in [0, 0.1) is 0 Å². The molecule has 0 spiro atoms. The predicted octanol–water partition coefficient (Wildman–Crippen LogP) is 9.02. The van der Waals surface area contributed by atoms with Gasteiger partial charge in [0, 0.05) is 85.8 Å². The van der Waals surface area contributed by atoms with Gasteiger partial charge in [-0.1, -0.05) is 53.7 Å². The van der Waals surface area contributed by atoms with Crippen LogP contribution in [0.4, 0.5) is 0 Å². The van der Waals surface area contributed by atoms with Crippen molar-refractivity contribution in [1.82, 2.24) is 15.1 Å². The lowest BCUT2D eigenvalue weighted by Gasteiger charge is -2.35. The lowest BCUT2D eigenvalue weighted by Crippen LogP contribution is -2.46. The smallest absolute Gasteiger partial charge is 0.327 e. The molecule has 0 aliphatic carbocycles. The highest BCUT2D eigenvalue weighted by Crippen LogP contribution is 2.53. The Morgan fingerprint density at radius 1 is 0.724 bits per heavy atom. The summed E-state index contributed by atoms with van der Waals surface area (Å²) >= 11 is 1.17. The number of rotatable bonds is 15. The highest BCUT2D eigenvalue weighted by Gasteiger charge is 2.41. The third-order valence-corrected chi connectivity index (χ3v) is 13.4. The molecule has 5 aromatic rings. The van der Waals surface area contributed by atoms with Crippen LogP contribution in [0.3, 0.4) is 0 Å². The Morgan fingerprint density at radius 3 is 1.66 bits per heavy atom. The minimum atomic E-state index is -1.24. The first-order valence-electron chi connectivity index (χ1n) is 19.9. The maximum absolute atomic E-state index is 14.5. The number of benzene rings is 5. The zero-order chi connectivity index (χ0) is 42.3. The molecule has 2 N–H and O–H groups in total. The van der Waals surface area contributed by atoms with E-state index in [4.69, 9.17) is 9.26 Å². The molecule has 2 aliphatic rings. The number of carbonyl (C=O) groups is 6. The van der Waals surface area contributed by atoms with Crippen LogP contribution in [-0.4, -0.2) is 94.4 Å². The number of thioether (sulfide) groups is 1. The topological polar surface area (TPSA) is 160 Å². The molecule has 0 saturated carbocycles. The molecule has 2 aliphatic heterocycles. The lowest BCUT2D eigenvalue weighted by atomic mass is 9.81. The predicted molar refractivity (Wildman–Crippen MR) is 230 cm³/mol. The minimum absolute atomic E-state index is 0.0771. The highest BCUT2D eigenvalue weighted by molar-refractivity contribution is 7.99. The molecule has 0 aromatic heterocycles. The third-order valence-electron chi connectivity index (χ3n) is 11.1. The number of carbonyl (C=O) groups excluding carboxylic acids is 5. The summed E-state index contributed by atoms with van der Waals surface area (Å²) in [6, 6.07) is 8.68. The van der Waals surface area contributed by atoms with Gasteiger partial charge in [-0.15, -0.1) is 11.8 Å². The van der Waals surface area contributed by atoms with Crippen molar-refractivity contribution in [2.75, 3.05) is 25.9 Å². The number of aliphatic carboxylic acids is 1. The average Bonchev–Trinajstić information content (AvgIpc) is 3.21. The number of hydrogen-bond donors (Lipinski definition) is 2. The standard InChI is InChI=1S/C42H44N3O9PS.C2H6/c1-8-21(9-2)44-38(47)25-15-13-24-35-31(56-18-29(42(51)52)43-20(5)46)17-28-33-26(39(48)45(41(28)50)22(10-3)11-4)14-12-23(37(33)35)34-30(54-55(7)19-53-6)16-27(40(44)49)32(25)36(24)34;1-2/h12-17,21-22,29H,8-11,18-19H2,1-7H3,(H,43,46)(H,51,52);1-2H3. The fourth-order valence-electron chi connectivity index (χ4n) is 8.56. The Morgan fingerprint density at radius 2 is 1.19 bits per heavy atom. The number of amides is 5. The van der Waals surface area contributed by atoms with Crippen molar-refractivity contribution in [2.24, 2.45) is 0 Å². The number of imide groups is 2. The maximum Gasteiger partial charge on any atom is 0.327 e. The summed E-state index contributed by atoms with van der Waals surface area (Å²) in [7, 11) is 0.386. The van der Waals surface area contributed by atoms with Crippen LogP contribution >= 0.6 is 19.9 Å². The number of carboxylic acid groups (broad SMARTS) is 1. The van der Waals surface area contributed by atoms with Gasteiger partial charge in [-0.3, -0.25) is 33.8 Å². The number of carboxylic acids is 1. The molecule has 0 saturated heterocycles. The summed E-state index contributed by atoms with van der Waals surface area (Å²) < 4.78 is 12.1. The molecule has 5 amide bonds. The molecule has 58 heavy (non-hydrogen) atoms. The minimum Gasteiger partial charge on any atom is -0.480 e. The Labute approximate surface area is 343 Å². The molecular formula is C44H50N3O9PS. The van der Waals surface area contributed by atoms with E-state index in [9.17, 15) is 33.9 Å². The Bertz CT molecular complexity index is 2500. The van der Waals surface area contributed by atoms with Crippen molar-refractivity contribution in [3.8, 4) is 5.75 Å². The van der Waals surface area contributed by atoms with Crippen LogP contribution in [0.1, 0.15) is 116 Å². The van der Waals surface area contributed by atoms with Crippen molar-refractivity contribution in [3.63, 3.8) is 0 Å². The van der Waals surface area contributed by atoms with E-state index in [0.717, 1.165) is 0 Å². The number of hydrogen-bond acceptors (Lipinski definition) is 9. The molecule has 306 valence electrons. The van der Waals surface area contributed by atoms with Gasteiger partial charge in [0.1, 0.15) is 26.3 Å². The van der Waals surface area contributed by atoms with Crippen LogP contribution < -0.4 is 9.84 Å². The van der Waals surface area contributed by atoms with E-state index in [-0.39, 0.29) is 23.7 Å². The molecular weight excluding hydrogens is 778 g/mol. The molecule has 0 radical (unpaired) electrons. The van der Waals surface area contributed by atoms with Gasteiger partial charge < -0.3 is 19.7 Å². The Kier molecular flexibility index (Phi) is 12.7. The molecule has 5 aromatic carbocycles. The molecule has 12 nitrogen and oxygen atoms in total. The van der Waals surface area contributed by atoms with E-state index < -0.39 is 43.8 Å².